The molecule has 1 aliphatic rings. The monoisotopic (exact) mass is 277 g/mol. The van der Waals surface area contributed by atoms with E-state index in [9.17, 15) is 0 Å². The SMILES string of the molecule is CC(NNCCCCN)c1cccc(OCC2CC2)c1. The summed E-state index contributed by atoms with van der Waals surface area (Å²) in [6.45, 7) is 4.72. The molecule has 1 fully saturated rings. The smallest absolute Gasteiger partial charge is 0.119 e. The van der Waals surface area contributed by atoms with Crippen molar-refractivity contribution in [3.63, 3.8) is 0 Å². The highest BCUT2D eigenvalue weighted by Crippen LogP contribution is 2.30. The van der Waals surface area contributed by atoms with Crippen molar-refractivity contribution < 1.29 is 4.74 Å². The Bertz CT molecular complexity index is 393. The first-order chi connectivity index (χ1) is 9.79. The number of unbranched alkanes of at least 4 members (excludes halogenated alkanes) is 1. The quantitative estimate of drug-likeness (QED) is 0.454. The summed E-state index contributed by atoms with van der Waals surface area (Å²) in [7, 11) is 0. The van der Waals surface area contributed by atoms with Crippen LogP contribution in [-0.4, -0.2) is 19.7 Å². The zero-order valence-corrected chi connectivity index (χ0v) is 12.4. The van der Waals surface area contributed by atoms with Crippen molar-refractivity contribution in [1.29, 1.82) is 0 Å². The van der Waals surface area contributed by atoms with Crippen molar-refractivity contribution in [1.82, 2.24) is 10.9 Å². The summed E-state index contributed by atoms with van der Waals surface area (Å²) in [5.41, 5.74) is 13.3. The van der Waals surface area contributed by atoms with Crippen LogP contribution in [0.25, 0.3) is 0 Å². The van der Waals surface area contributed by atoms with E-state index in [0.29, 0.717) is 0 Å². The Kier molecular flexibility index (Phi) is 6.30. The molecule has 4 N–H and O–H groups in total. The van der Waals surface area contributed by atoms with Crippen molar-refractivity contribution in [2.75, 3.05) is 19.7 Å². The molecule has 2 rings (SSSR count). The molecule has 0 amide bonds. The van der Waals surface area contributed by atoms with Crippen LogP contribution < -0.4 is 21.3 Å². The molecule has 0 radical (unpaired) electrons. The second kappa shape index (κ2) is 8.25. The standard InChI is InChI=1S/C16H27N3O/c1-13(19-18-10-3-2-9-17)15-5-4-6-16(11-15)20-12-14-7-8-14/h4-6,11,13-14,18-19H,2-3,7-10,12,17H2,1H3. The van der Waals surface area contributed by atoms with E-state index in [-0.39, 0.29) is 6.04 Å². The molecule has 1 saturated carbocycles. The number of hydrogen-bond acceptors (Lipinski definition) is 4. The first kappa shape index (κ1) is 15.3. The predicted octanol–water partition coefficient (Wildman–Crippen LogP) is 2.37. The van der Waals surface area contributed by atoms with Gasteiger partial charge in [0.2, 0.25) is 0 Å². The lowest BCUT2D eigenvalue weighted by Crippen LogP contribution is -2.34. The molecule has 112 valence electrons. The Balaban J connectivity index is 1.73. The van der Waals surface area contributed by atoms with Gasteiger partial charge in [-0.1, -0.05) is 12.1 Å². The zero-order valence-electron chi connectivity index (χ0n) is 12.4. The summed E-state index contributed by atoms with van der Waals surface area (Å²) < 4.78 is 5.82. The van der Waals surface area contributed by atoms with Crippen LogP contribution in [0.2, 0.25) is 0 Å². The minimum absolute atomic E-state index is 0.261. The van der Waals surface area contributed by atoms with Crippen molar-refractivity contribution >= 4 is 0 Å². The second-order valence-electron chi connectivity index (χ2n) is 5.62. The van der Waals surface area contributed by atoms with Gasteiger partial charge in [0.05, 0.1) is 6.61 Å². The highest BCUT2D eigenvalue weighted by molar-refractivity contribution is 5.30. The molecule has 4 heteroatoms. The predicted molar refractivity (Wildman–Crippen MR) is 82.5 cm³/mol. The number of ether oxygens (including phenoxy) is 1. The number of nitrogens with two attached hydrogens (primary N) is 1. The van der Waals surface area contributed by atoms with E-state index in [0.717, 1.165) is 44.2 Å². The molecular weight excluding hydrogens is 250 g/mol. The van der Waals surface area contributed by atoms with E-state index in [1.165, 1.54) is 18.4 Å². The highest BCUT2D eigenvalue weighted by Gasteiger charge is 2.21. The molecule has 0 saturated heterocycles. The second-order valence-corrected chi connectivity index (χ2v) is 5.62. The molecule has 0 aliphatic heterocycles. The molecule has 4 nitrogen and oxygen atoms in total. The van der Waals surface area contributed by atoms with Crippen LogP contribution in [0.3, 0.4) is 0 Å². The molecule has 20 heavy (non-hydrogen) atoms. The number of hydrazine groups is 1. The maximum absolute atomic E-state index is 5.82. The van der Waals surface area contributed by atoms with Gasteiger partial charge in [-0.2, -0.15) is 0 Å². The van der Waals surface area contributed by atoms with Gasteiger partial charge in [-0.15, -0.1) is 0 Å². The molecule has 1 aromatic carbocycles. The van der Waals surface area contributed by atoms with Gasteiger partial charge in [-0.25, -0.2) is 0 Å². The summed E-state index contributed by atoms with van der Waals surface area (Å²) >= 11 is 0. The van der Waals surface area contributed by atoms with E-state index in [2.05, 4.69) is 36.0 Å². The minimum atomic E-state index is 0.261. The number of nitrogens with one attached hydrogen (secondary N) is 2. The minimum Gasteiger partial charge on any atom is -0.493 e. The Labute approximate surface area is 122 Å². The fourth-order valence-electron chi connectivity index (χ4n) is 2.04. The lowest BCUT2D eigenvalue weighted by Gasteiger charge is -2.16. The summed E-state index contributed by atoms with van der Waals surface area (Å²) in [6, 6.07) is 8.61. The molecule has 1 aromatic rings. The molecular formula is C16H27N3O. The van der Waals surface area contributed by atoms with Gasteiger partial charge in [0.25, 0.3) is 0 Å². The van der Waals surface area contributed by atoms with Gasteiger partial charge in [0, 0.05) is 12.6 Å². The molecule has 1 atom stereocenters. The third-order valence-corrected chi connectivity index (χ3v) is 3.62. The lowest BCUT2D eigenvalue weighted by molar-refractivity contribution is 0.299. The van der Waals surface area contributed by atoms with Crippen molar-refractivity contribution in [2.24, 2.45) is 11.7 Å². The number of benzene rings is 1. The maximum Gasteiger partial charge on any atom is 0.119 e. The lowest BCUT2D eigenvalue weighted by atomic mass is 10.1. The van der Waals surface area contributed by atoms with Gasteiger partial charge in [0.1, 0.15) is 5.75 Å². The van der Waals surface area contributed by atoms with E-state index in [1.54, 1.807) is 0 Å². The molecule has 0 spiro atoms. The van der Waals surface area contributed by atoms with Gasteiger partial charge >= 0.3 is 0 Å². The van der Waals surface area contributed by atoms with Crippen molar-refractivity contribution in [3.8, 4) is 5.75 Å². The van der Waals surface area contributed by atoms with E-state index >= 15 is 0 Å². The first-order valence-corrected chi connectivity index (χ1v) is 7.71. The molecule has 1 unspecified atom stereocenters. The Morgan fingerprint density at radius 3 is 2.95 bits per heavy atom. The van der Waals surface area contributed by atoms with Crippen LogP contribution in [-0.2, 0) is 0 Å². The van der Waals surface area contributed by atoms with E-state index in [1.807, 2.05) is 6.07 Å². The molecule has 0 bridgehead atoms. The van der Waals surface area contributed by atoms with Crippen LogP contribution in [0.1, 0.15) is 44.2 Å². The van der Waals surface area contributed by atoms with Gasteiger partial charge < -0.3 is 10.5 Å². The van der Waals surface area contributed by atoms with E-state index in [4.69, 9.17) is 10.5 Å². The van der Waals surface area contributed by atoms with Crippen LogP contribution in [0.5, 0.6) is 5.75 Å². The molecule has 0 aromatic heterocycles. The Morgan fingerprint density at radius 1 is 1.35 bits per heavy atom. The average Bonchev–Trinajstić information content (AvgIpc) is 3.29. The third kappa shape index (κ3) is 5.49. The highest BCUT2D eigenvalue weighted by atomic mass is 16.5. The van der Waals surface area contributed by atoms with Gasteiger partial charge in [0.15, 0.2) is 0 Å². The van der Waals surface area contributed by atoms with Crippen molar-refractivity contribution in [2.45, 2.75) is 38.6 Å². The van der Waals surface area contributed by atoms with E-state index < -0.39 is 0 Å². The number of hydrogen-bond donors (Lipinski definition) is 3. The molecule has 1 aliphatic carbocycles. The Hall–Kier alpha value is -1.10. The zero-order chi connectivity index (χ0) is 14.2. The van der Waals surface area contributed by atoms with Crippen LogP contribution in [0.4, 0.5) is 0 Å². The van der Waals surface area contributed by atoms with Crippen LogP contribution in [0, 0.1) is 5.92 Å². The maximum atomic E-state index is 5.82. The van der Waals surface area contributed by atoms with Gasteiger partial charge in [-0.05, 0) is 62.8 Å². The fourth-order valence-corrected chi connectivity index (χ4v) is 2.04. The van der Waals surface area contributed by atoms with Crippen LogP contribution >= 0.6 is 0 Å². The van der Waals surface area contributed by atoms with Crippen LogP contribution in [0.15, 0.2) is 24.3 Å². The largest absolute Gasteiger partial charge is 0.493 e. The first-order valence-electron chi connectivity index (χ1n) is 7.71. The normalized spacial score (nSPS) is 16.1. The topological polar surface area (TPSA) is 59.3 Å². The molecule has 0 heterocycles. The third-order valence-electron chi connectivity index (χ3n) is 3.62. The average molecular weight is 277 g/mol. The fraction of sp³-hybridized carbons (Fsp3) is 0.625. The summed E-state index contributed by atoms with van der Waals surface area (Å²) in [5, 5.41) is 0. The van der Waals surface area contributed by atoms with Crippen molar-refractivity contribution in [3.05, 3.63) is 29.8 Å². The summed E-state index contributed by atoms with van der Waals surface area (Å²) in [4.78, 5) is 0. The van der Waals surface area contributed by atoms with Gasteiger partial charge in [-0.3, -0.25) is 10.9 Å². The summed E-state index contributed by atoms with van der Waals surface area (Å²) in [5.74, 6) is 1.77. The Morgan fingerprint density at radius 2 is 2.20 bits per heavy atom. The summed E-state index contributed by atoms with van der Waals surface area (Å²) in [6.07, 6.45) is 4.81. The number of rotatable bonds is 10.